The predicted molar refractivity (Wildman–Crippen MR) is 84.6 cm³/mol. The molecule has 124 valence electrons. The minimum atomic E-state index is -5.68. The van der Waals surface area contributed by atoms with Crippen LogP contribution in [0.2, 0.25) is 0 Å². The van der Waals surface area contributed by atoms with Crippen molar-refractivity contribution in [1.82, 2.24) is 10.5 Å². The number of aromatic nitrogens is 1. The van der Waals surface area contributed by atoms with E-state index in [0.29, 0.717) is 16.8 Å². The van der Waals surface area contributed by atoms with Crippen molar-refractivity contribution in [2.75, 3.05) is 7.11 Å². The fourth-order valence-corrected chi connectivity index (χ4v) is 3.14. The predicted octanol–water partition coefficient (Wildman–Crippen LogP) is 3.35. The maximum absolute atomic E-state index is 14.0. The van der Waals surface area contributed by atoms with E-state index < -0.39 is 18.8 Å². The summed E-state index contributed by atoms with van der Waals surface area (Å²) in [6.07, 6.45) is 0. The number of alkyl halides is 2. The topological polar surface area (TPSA) is 91.7 Å². The smallest absolute Gasteiger partial charge is 0.320 e. The van der Waals surface area contributed by atoms with Gasteiger partial charge in [0, 0.05) is 15.4 Å². The number of nitrogens with zero attached hydrogens (tertiary/aromatic N) is 1. The van der Waals surface area contributed by atoms with Crippen molar-refractivity contribution in [1.29, 1.82) is 0 Å². The van der Waals surface area contributed by atoms with E-state index >= 15 is 0 Å². The Balaban J connectivity index is 2.63. The van der Waals surface area contributed by atoms with Crippen LogP contribution in [0.15, 0.2) is 35.3 Å². The summed E-state index contributed by atoms with van der Waals surface area (Å²) in [5.74, 6) is 0. The van der Waals surface area contributed by atoms with Gasteiger partial charge in [-0.3, -0.25) is 14.9 Å². The molecule has 23 heavy (non-hydrogen) atoms. The molecule has 0 saturated carbocycles. The van der Waals surface area contributed by atoms with Crippen molar-refractivity contribution in [2.24, 2.45) is 0 Å². The van der Waals surface area contributed by atoms with Crippen LogP contribution in [0.4, 0.5) is 8.78 Å². The van der Waals surface area contributed by atoms with Gasteiger partial charge in [0.25, 0.3) is 0 Å². The van der Waals surface area contributed by atoms with E-state index in [9.17, 15) is 13.3 Å². The lowest BCUT2D eigenvalue weighted by Gasteiger charge is -2.19. The fraction of sp³-hybridized carbons (Fsp3) is 0.154. The third-order valence-corrected chi connectivity index (χ3v) is 4.63. The Morgan fingerprint density at radius 2 is 2.09 bits per heavy atom. The van der Waals surface area contributed by atoms with Gasteiger partial charge in [0.2, 0.25) is 0 Å². The van der Waals surface area contributed by atoms with Crippen LogP contribution in [0.1, 0.15) is 11.3 Å². The summed E-state index contributed by atoms with van der Waals surface area (Å²) in [6, 6.07) is 5.47. The lowest BCUT2D eigenvalue weighted by molar-refractivity contribution is 0.0558. The van der Waals surface area contributed by atoms with Gasteiger partial charge in [-0.1, -0.05) is 28.6 Å². The average molecular weight is 409 g/mol. The van der Waals surface area contributed by atoms with Gasteiger partial charge in [0.1, 0.15) is 0 Å². The van der Waals surface area contributed by atoms with Gasteiger partial charge < -0.3 is 9.79 Å². The summed E-state index contributed by atoms with van der Waals surface area (Å²) in [4.78, 5) is 26.6. The third kappa shape index (κ3) is 3.44. The van der Waals surface area contributed by atoms with Gasteiger partial charge in [0.05, 0.1) is 24.0 Å². The molecule has 2 aromatic rings. The van der Waals surface area contributed by atoms with Gasteiger partial charge >= 0.3 is 13.3 Å². The second-order valence-electron chi connectivity index (χ2n) is 4.59. The molecule has 0 atom stereocenters. The summed E-state index contributed by atoms with van der Waals surface area (Å²) in [6.45, 7) is 3.67. The van der Waals surface area contributed by atoms with Crippen LogP contribution in [0.3, 0.4) is 0 Å². The Morgan fingerprint density at radius 3 is 2.65 bits per heavy atom. The van der Waals surface area contributed by atoms with Crippen LogP contribution in [-0.2, 0) is 15.1 Å². The first-order chi connectivity index (χ1) is 10.6. The van der Waals surface area contributed by atoms with Crippen LogP contribution in [0.25, 0.3) is 16.6 Å². The van der Waals surface area contributed by atoms with E-state index in [1.807, 2.05) is 0 Å². The molecule has 3 N–H and O–H groups in total. The number of rotatable bonds is 5. The molecule has 0 aliphatic heterocycles. The number of hydrogen-bond acceptors (Lipinski definition) is 4. The molecule has 1 aromatic heterocycles. The monoisotopic (exact) mass is 408 g/mol. The third-order valence-electron chi connectivity index (χ3n) is 3.00. The Bertz CT molecular complexity index is 825. The number of halogens is 3. The van der Waals surface area contributed by atoms with Crippen molar-refractivity contribution in [3.8, 4) is 0 Å². The fourth-order valence-electron chi connectivity index (χ4n) is 1.87. The van der Waals surface area contributed by atoms with E-state index in [4.69, 9.17) is 14.6 Å². The summed E-state index contributed by atoms with van der Waals surface area (Å²) in [7, 11) is -4.30. The number of hydroxylamine groups is 1. The summed E-state index contributed by atoms with van der Waals surface area (Å²) >= 11 is 2.92. The molecule has 1 heterocycles. The maximum atomic E-state index is 14.0. The van der Waals surface area contributed by atoms with E-state index in [1.165, 1.54) is 13.2 Å². The molecule has 0 amide bonds. The van der Waals surface area contributed by atoms with E-state index in [-0.39, 0.29) is 9.99 Å². The van der Waals surface area contributed by atoms with Crippen LogP contribution in [0.5, 0.6) is 0 Å². The highest BCUT2D eigenvalue weighted by atomic mass is 79.9. The van der Waals surface area contributed by atoms with E-state index in [0.717, 1.165) is 6.07 Å². The second kappa shape index (κ2) is 6.26. The molecule has 10 heteroatoms. The van der Waals surface area contributed by atoms with Gasteiger partial charge in [-0.15, -0.1) is 0 Å². The highest BCUT2D eigenvalue weighted by Gasteiger charge is 2.51. The lowest BCUT2D eigenvalue weighted by Crippen LogP contribution is -2.15. The molecule has 0 spiro atoms. The molecule has 0 bridgehead atoms. The van der Waals surface area contributed by atoms with E-state index in [2.05, 4.69) is 33.0 Å². The standard InChI is InChI=1S/C13H12BrF2N2O4P/c1-7(18-22-2)11-4-3-8-5-10(14)9(6-12(8)17-11)13(15,16)23(19,20)21/h3-6,18H,1H2,2H3,(H2,19,20,21). The Kier molecular flexibility index (Phi) is 4.89. The van der Waals surface area contributed by atoms with Crippen molar-refractivity contribution in [3.05, 3.63) is 46.6 Å². The van der Waals surface area contributed by atoms with Gasteiger partial charge in [0.15, 0.2) is 0 Å². The van der Waals surface area contributed by atoms with Crippen molar-refractivity contribution in [3.63, 3.8) is 0 Å². The zero-order valence-corrected chi connectivity index (χ0v) is 14.2. The normalized spacial score (nSPS) is 12.4. The van der Waals surface area contributed by atoms with Gasteiger partial charge in [-0.25, -0.2) is 4.98 Å². The molecule has 0 saturated heterocycles. The summed E-state index contributed by atoms with van der Waals surface area (Å²) in [5, 5.41) is 0.510. The maximum Gasteiger partial charge on any atom is 0.399 e. The molecular weight excluding hydrogens is 397 g/mol. The lowest BCUT2D eigenvalue weighted by atomic mass is 10.1. The molecule has 0 aliphatic carbocycles. The summed E-state index contributed by atoms with van der Waals surface area (Å²) < 4.78 is 38.9. The molecule has 0 aliphatic rings. The first-order valence-electron chi connectivity index (χ1n) is 6.10. The van der Waals surface area contributed by atoms with Crippen molar-refractivity contribution in [2.45, 2.75) is 5.66 Å². The zero-order valence-electron chi connectivity index (χ0n) is 11.8. The molecule has 6 nitrogen and oxygen atoms in total. The molecule has 2 rings (SSSR count). The molecule has 1 aromatic carbocycles. The van der Waals surface area contributed by atoms with E-state index in [1.54, 1.807) is 12.1 Å². The number of benzene rings is 1. The minimum Gasteiger partial charge on any atom is -0.320 e. The number of pyridine rings is 1. The molecule has 0 radical (unpaired) electrons. The largest absolute Gasteiger partial charge is 0.399 e. The van der Waals surface area contributed by atoms with Crippen molar-refractivity contribution >= 4 is 40.1 Å². The van der Waals surface area contributed by atoms with Gasteiger partial charge in [-0.05, 0) is 18.2 Å². The average Bonchev–Trinajstić information content (AvgIpc) is 2.45. The number of nitrogens with one attached hydrogen (secondary N) is 1. The SMILES string of the molecule is C=C(NOC)c1ccc2cc(Br)c(C(F)(F)P(=O)(O)O)cc2n1. The Morgan fingerprint density at radius 1 is 1.43 bits per heavy atom. The molecular formula is C13H12BrF2N2O4P. The zero-order chi connectivity index (χ0) is 17.4. The Labute approximate surface area is 138 Å². The second-order valence-corrected chi connectivity index (χ2v) is 7.10. The molecule has 0 unspecified atom stereocenters. The Hall–Kier alpha value is -1.38. The highest BCUT2D eigenvalue weighted by Crippen LogP contribution is 2.60. The van der Waals surface area contributed by atoms with Gasteiger partial charge in [-0.2, -0.15) is 8.78 Å². The first kappa shape index (κ1) is 18.0. The van der Waals surface area contributed by atoms with Crippen LogP contribution in [-0.4, -0.2) is 21.9 Å². The van der Waals surface area contributed by atoms with Crippen molar-refractivity contribution < 1.29 is 28.0 Å². The summed E-state index contributed by atoms with van der Waals surface area (Å²) in [5.41, 5.74) is -1.93. The number of fused-ring (bicyclic) bond motifs is 1. The highest BCUT2D eigenvalue weighted by molar-refractivity contribution is 9.10. The van der Waals surface area contributed by atoms with Crippen LogP contribution < -0.4 is 5.48 Å². The quantitative estimate of drug-likeness (QED) is 0.519. The minimum absolute atomic E-state index is 0.123. The van der Waals surface area contributed by atoms with Crippen LogP contribution >= 0.6 is 23.5 Å². The molecule has 0 fully saturated rings. The first-order valence-corrected chi connectivity index (χ1v) is 8.51. The van der Waals surface area contributed by atoms with Crippen LogP contribution in [0, 0.1) is 0 Å². The number of hydrogen-bond donors (Lipinski definition) is 3.